The van der Waals surface area contributed by atoms with E-state index in [9.17, 15) is 24.5 Å². The zero-order chi connectivity index (χ0) is 21.6. The highest BCUT2D eigenvalue weighted by atomic mass is 79.9. The van der Waals surface area contributed by atoms with Crippen LogP contribution in [0, 0.1) is 10.1 Å². The smallest absolute Gasteiger partial charge is 0.325 e. The number of carboxylic acid groups (broad SMARTS) is 1. The predicted molar refractivity (Wildman–Crippen MR) is 108 cm³/mol. The van der Waals surface area contributed by atoms with E-state index in [1.807, 2.05) is 0 Å². The summed E-state index contributed by atoms with van der Waals surface area (Å²) < 4.78 is 0.662. The van der Waals surface area contributed by atoms with Crippen molar-refractivity contribution < 1.29 is 24.4 Å². The summed E-state index contributed by atoms with van der Waals surface area (Å²) in [5.41, 5.74) is 0.328. The van der Waals surface area contributed by atoms with E-state index in [-0.39, 0.29) is 16.9 Å². The number of carbonyl (C=O) groups excluding carboxylic acids is 2. The molecular formula is C19H16BrN3O6. The summed E-state index contributed by atoms with van der Waals surface area (Å²) in [5, 5.41) is 24.5. The monoisotopic (exact) mass is 461 g/mol. The zero-order valence-corrected chi connectivity index (χ0v) is 16.7. The lowest BCUT2D eigenvalue weighted by atomic mass is 10.1. The number of non-ortho nitro benzene ring substituents is 1. The second-order valence-corrected chi connectivity index (χ2v) is 6.82. The van der Waals surface area contributed by atoms with Gasteiger partial charge in [0.1, 0.15) is 11.7 Å². The van der Waals surface area contributed by atoms with Gasteiger partial charge in [-0.05, 0) is 48.9 Å². The van der Waals surface area contributed by atoms with Crippen LogP contribution in [0.4, 0.5) is 5.69 Å². The molecule has 150 valence electrons. The maximum Gasteiger partial charge on any atom is 0.325 e. The van der Waals surface area contributed by atoms with E-state index in [1.165, 1.54) is 37.3 Å². The highest BCUT2D eigenvalue weighted by Gasteiger charge is 2.20. The first-order chi connectivity index (χ1) is 13.7. The Morgan fingerprint density at radius 3 is 2.38 bits per heavy atom. The van der Waals surface area contributed by atoms with Crippen LogP contribution in [-0.4, -0.2) is 33.9 Å². The van der Waals surface area contributed by atoms with Crippen LogP contribution in [0.15, 0.2) is 58.7 Å². The Morgan fingerprint density at radius 2 is 1.83 bits per heavy atom. The summed E-state index contributed by atoms with van der Waals surface area (Å²) in [4.78, 5) is 46.2. The molecule has 10 heteroatoms. The number of nitrogens with zero attached hydrogens (tertiary/aromatic N) is 1. The zero-order valence-electron chi connectivity index (χ0n) is 15.1. The molecule has 29 heavy (non-hydrogen) atoms. The summed E-state index contributed by atoms with van der Waals surface area (Å²) in [5.74, 6) is -2.65. The summed E-state index contributed by atoms with van der Waals surface area (Å²) in [6, 6.07) is 10.6. The number of nitro benzene ring substituents is 1. The molecule has 0 radical (unpaired) electrons. The Labute approximate surface area is 173 Å². The average Bonchev–Trinajstić information content (AvgIpc) is 2.67. The summed E-state index contributed by atoms with van der Waals surface area (Å²) >= 11 is 3.25. The van der Waals surface area contributed by atoms with Crippen LogP contribution in [0.2, 0.25) is 0 Å². The quantitative estimate of drug-likeness (QED) is 0.329. The molecule has 0 aliphatic carbocycles. The van der Waals surface area contributed by atoms with Crippen LogP contribution >= 0.6 is 15.9 Å². The fourth-order valence-corrected chi connectivity index (χ4v) is 2.58. The number of benzene rings is 2. The second-order valence-electron chi connectivity index (χ2n) is 5.90. The number of hydrogen-bond donors (Lipinski definition) is 3. The highest BCUT2D eigenvalue weighted by Crippen LogP contribution is 2.15. The number of amides is 2. The van der Waals surface area contributed by atoms with Gasteiger partial charge in [-0.1, -0.05) is 22.0 Å². The van der Waals surface area contributed by atoms with Crippen molar-refractivity contribution in [1.29, 1.82) is 0 Å². The van der Waals surface area contributed by atoms with Crippen LogP contribution in [-0.2, 0) is 9.59 Å². The predicted octanol–water partition coefficient (Wildman–Crippen LogP) is 2.72. The number of hydrogen-bond acceptors (Lipinski definition) is 5. The number of halogens is 1. The van der Waals surface area contributed by atoms with E-state index in [4.69, 9.17) is 5.11 Å². The molecule has 0 heterocycles. The van der Waals surface area contributed by atoms with Crippen LogP contribution in [0.1, 0.15) is 22.8 Å². The van der Waals surface area contributed by atoms with Crippen molar-refractivity contribution in [3.8, 4) is 0 Å². The molecule has 9 nitrogen and oxygen atoms in total. The number of nitrogens with one attached hydrogen (secondary N) is 2. The van der Waals surface area contributed by atoms with Gasteiger partial charge < -0.3 is 15.7 Å². The second kappa shape index (κ2) is 9.60. The molecule has 0 saturated carbocycles. The number of carboxylic acids is 1. The van der Waals surface area contributed by atoms with Gasteiger partial charge in [-0.2, -0.15) is 0 Å². The Bertz CT molecular complexity index is 988. The SMILES string of the molecule is CC(NC(=O)/C(=C/c1ccc([N+](=O)[O-])cc1)NC(=O)c1cccc(Br)c1)C(=O)O. The van der Waals surface area contributed by atoms with E-state index in [0.29, 0.717) is 10.0 Å². The number of aliphatic carboxylic acids is 1. The normalized spacial score (nSPS) is 12.0. The van der Waals surface area contributed by atoms with Crippen molar-refractivity contribution >= 4 is 45.5 Å². The topological polar surface area (TPSA) is 139 Å². The standard InChI is InChI=1S/C19H16BrN3O6/c1-11(19(26)27)21-18(25)16(9-12-5-7-15(8-6-12)23(28)29)22-17(24)13-3-2-4-14(20)10-13/h2-11H,1H3,(H,21,25)(H,22,24)(H,26,27)/b16-9-. The van der Waals surface area contributed by atoms with Crippen molar-refractivity contribution in [2.24, 2.45) is 0 Å². The van der Waals surface area contributed by atoms with Gasteiger partial charge in [0.15, 0.2) is 0 Å². The van der Waals surface area contributed by atoms with Gasteiger partial charge in [0.05, 0.1) is 4.92 Å². The first-order valence-corrected chi connectivity index (χ1v) is 9.03. The van der Waals surface area contributed by atoms with Crippen molar-refractivity contribution in [2.75, 3.05) is 0 Å². The molecule has 0 saturated heterocycles. The van der Waals surface area contributed by atoms with Gasteiger partial charge in [0.2, 0.25) is 0 Å². The van der Waals surface area contributed by atoms with Crippen molar-refractivity contribution in [1.82, 2.24) is 10.6 Å². The van der Waals surface area contributed by atoms with Gasteiger partial charge in [0.25, 0.3) is 17.5 Å². The van der Waals surface area contributed by atoms with E-state index in [2.05, 4.69) is 26.6 Å². The maximum atomic E-state index is 12.5. The fraction of sp³-hybridized carbons (Fsp3) is 0.105. The molecule has 2 aromatic carbocycles. The van der Waals surface area contributed by atoms with E-state index in [1.54, 1.807) is 24.3 Å². The Kier molecular flexibility index (Phi) is 7.21. The van der Waals surface area contributed by atoms with Gasteiger partial charge in [-0.15, -0.1) is 0 Å². The molecule has 0 aliphatic heterocycles. The summed E-state index contributed by atoms with van der Waals surface area (Å²) in [6.45, 7) is 1.28. The van der Waals surface area contributed by atoms with Crippen LogP contribution in [0.3, 0.4) is 0 Å². The minimum absolute atomic E-state index is 0.133. The van der Waals surface area contributed by atoms with Crippen molar-refractivity contribution in [2.45, 2.75) is 13.0 Å². The van der Waals surface area contributed by atoms with Gasteiger partial charge >= 0.3 is 5.97 Å². The van der Waals surface area contributed by atoms with Crippen LogP contribution in [0.25, 0.3) is 6.08 Å². The summed E-state index contributed by atoms with van der Waals surface area (Å²) in [6.07, 6.45) is 1.30. The highest BCUT2D eigenvalue weighted by molar-refractivity contribution is 9.10. The molecule has 1 atom stereocenters. The first kappa shape index (κ1) is 21.8. The van der Waals surface area contributed by atoms with Crippen molar-refractivity contribution in [3.05, 3.63) is 79.9 Å². The van der Waals surface area contributed by atoms with Crippen LogP contribution in [0.5, 0.6) is 0 Å². The van der Waals surface area contributed by atoms with E-state index < -0.39 is 28.7 Å². The third-order valence-electron chi connectivity index (χ3n) is 3.71. The molecule has 2 aromatic rings. The molecule has 0 bridgehead atoms. The van der Waals surface area contributed by atoms with Crippen LogP contribution < -0.4 is 10.6 Å². The molecule has 0 aliphatic rings. The number of rotatable bonds is 7. The molecule has 0 fully saturated rings. The lowest BCUT2D eigenvalue weighted by Crippen LogP contribution is -2.42. The molecule has 0 spiro atoms. The Morgan fingerprint density at radius 1 is 1.17 bits per heavy atom. The molecule has 3 N–H and O–H groups in total. The minimum atomic E-state index is -1.24. The van der Waals surface area contributed by atoms with Gasteiger partial charge in [-0.25, -0.2) is 0 Å². The third kappa shape index (κ3) is 6.25. The van der Waals surface area contributed by atoms with E-state index >= 15 is 0 Å². The third-order valence-corrected chi connectivity index (χ3v) is 4.21. The Hall–Kier alpha value is -3.53. The summed E-state index contributed by atoms with van der Waals surface area (Å²) in [7, 11) is 0. The van der Waals surface area contributed by atoms with Gasteiger partial charge in [-0.3, -0.25) is 24.5 Å². The molecule has 2 rings (SSSR count). The Balaban J connectivity index is 2.33. The lowest BCUT2D eigenvalue weighted by molar-refractivity contribution is -0.384. The maximum absolute atomic E-state index is 12.5. The molecule has 2 amide bonds. The fourth-order valence-electron chi connectivity index (χ4n) is 2.18. The average molecular weight is 462 g/mol. The van der Waals surface area contributed by atoms with Crippen molar-refractivity contribution in [3.63, 3.8) is 0 Å². The minimum Gasteiger partial charge on any atom is -0.480 e. The molecular weight excluding hydrogens is 446 g/mol. The van der Waals surface area contributed by atoms with Gasteiger partial charge in [0, 0.05) is 22.2 Å². The lowest BCUT2D eigenvalue weighted by Gasteiger charge is -2.13. The number of nitro groups is 1. The van der Waals surface area contributed by atoms with E-state index in [0.717, 1.165) is 0 Å². The first-order valence-electron chi connectivity index (χ1n) is 8.24. The number of carbonyl (C=O) groups is 3. The molecule has 0 aromatic heterocycles. The largest absolute Gasteiger partial charge is 0.480 e. The molecule has 1 unspecified atom stereocenters.